The van der Waals surface area contributed by atoms with Gasteiger partial charge in [-0.25, -0.2) is 0 Å². The number of nitrogens with zero attached hydrogens (tertiary/aromatic N) is 1. The Balaban J connectivity index is 1.46. The predicted octanol–water partition coefficient (Wildman–Crippen LogP) is 3.56. The van der Waals surface area contributed by atoms with Gasteiger partial charge in [0.05, 0.1) is 0 Å². The van der Waals surface area contributed by atoms with E-state index in [1.165, 1.54) is 77.3 Å². The van der Waals surface area contributed by atoms with Crippen LogP contribution in [0.25, 0.3) is 0 Å². The van der Waals surface area contributed by atoms with E-state index in [4.69, 9.17) is 0 Å². The second kappa shape index (κ2) is 6.58. The number of hydrogen-bond donors (Lipinski definition) is 1. The van der Waals surface area contributed by atoms with Gasteiger partial charge < -0.3 is 5.32 Å². The molecule has 2 atom stereocenters. The molecule has 3 fully saturated rings. The van der Waals surface area contributed by atoms with Crippen LogP contribution in [0.15, 0.2) is 0 Å². The Labute approximate surface area is 119 Å². The van der Waals surface area contributed by atoms with Crippen molar-refractivity contribution in [1.82, 2.24) is 10.2 Å². The van der Waals surface area contributed by atoms with Crippen molar-refractivity contribution in [3.63, 3.8) is 0 Å². The molecular weight excluding hydrogens is 232 g/mol. The number of hydrogen-bond acceptors (Lipinski definition) is 2. The zero-order valence-corrected chi connectivity index (χ0v) is 12.7. The highest BCUT2D eigenvalue weighted by Crippen LogP contribution is 2.37. The van der Waals surface area contributed by atoms with Gasteiger partial charge in [0, 0.05) is 18.1 Å². The lowest BCUT2D eigenvalue weighted by molar-refractivity contribution is 0.109. The average Bonchev–Trinajstić information content (AvgIpc) is 3.01. The van der Waals surface area contributed by atoms with E-state index in [2.05, 4.69) is 17.1 Å². The Morgan fingerprint density at radius 2 is 1.68 bits per heavy atom. The highest BCUT2D eigenvalue weighted by atomic mass is 15.2. The summed E-state index contributed by atoms with van der Waals surface area (Å²) in [5.41, 5.74) is 0. The summed E-state index contributed by atoms with van der Waals surface area (Å²) in [6, 6.07) is 2.64. The van der Waals surface area contributed by atoms with Crippen molar-refractivity contribution in [2.24, 2.45) is 5.92 Å². The van der Waals surface area contributed by atoms with Crippen molar-refractivity contribution >= 4 is 0 Å². The van der Waals surface area contributed by atoms with Crippen LogP contribution < -0.4 is 5.32 Å². The number of rotatable bonds is 6. The molecule has 3 aliphatic rings. The third-order valence-electron chi connectivity index (χ3n) is 5.84. The summed E-state index contributed by atoms with van der Waals surface area (Å²) in [5, 5.41) is 3.76. The van der Waals surface area contributed by atoms with Gasteiger partial charge in [-0.15, -0.1) is 0 Å². The maximum absolute atomic E-state index is 3.76. The Hall–Kier alpha value is -0.0800. The van der Waals surface area contributed by atoms with Gasteiger partial charge in [0.25, 0.3) is 0 Å². The number of piperidine rings is 1. The quantitative estimate of drug-likeness (QED) is 0.789. The maximum Gasteiger partial charge on any atom is 0.0114 e. The van der Waals surface area contributed by atoms with Crippen LogP contribution in [0.4, 0.5) is 0 Å². The molecule has 1 saturated carbocycles. The molecule has 2 bridgehead atoms. The molecule has 2 nitrogen and oxygen atoms in total. The maximum atomic E-state index is 3.76. The van der Waals surface area contributed by atoms with Crippen LogP contribution in [0.5, 0.6) is 0 Å². The summed E-state index contributed by atoms with van der Waals surface area (Å²) >= 11 is 0. The first-order valence-corrected chi connectivity index (χ1v) is 8.86. The van der Waals surface area contributed by atoms with Crippen molar-refractivity contribution in [2.75, 3.05) is 13.1 Å². The lowest BCUT2D eigenvalue weighted by Gasteiger charge is -2.39. The summed E-state index contributed by atoms with van der Waals surface area (Å²) in [7, 11) is 0. The van der Waals surface area contributed by atoms with E-state index >= 15 is 0 Å². The molecule has 2 heteroatoms. The highest BCUT2D eigenvalue weighted by Gasteiger charge is 2.40. The summed E-state index contributed by atoms with van der Waals surface area (Å²) in [5.74, 6) is 1.07. The molecule has 0 aromatic rings. The summed E-state index contributed by atoms with van der Waals surface area (Å²) < 4.78 is 0. The fourth-order valence-electron chi connectivity index (χ4n) is 4.79. The van der Waals surface area contributed by atoms with Crippen molar-refractivity contribution in [3.05, 3.63) is 0 Å². The normalized spacial score (nSPS) is 36.2. The van der Waals surface area contributed by atoms with Gasteiger partial charge >= 0.3 is 0 Å². The van der Waals surface area contributed by atoms with Crippen molar-refractivity contribution in [1.29, 1.82) is 0 Å². The van der Waals surface area contributed by atoms with Gasteiger partial charge in [-0.1, -0.05) is 32.6 Å². The molecule has 2 aliphatic heterocycles. The minimum Gasteiger partial charge on any atom is -0.314 e. The topological polar surface area (TPSA) is 15.3 Å². The van der Waals surface area contributed by atoms with E-state index in [-0.39, 0.29) is 0 Å². The van der Waals surface area contributed by atoms with Gasteiger partial charge in [0.2, 0.25) is 0 Å². The largest absolute Gasteiger partial charge is 0.314 e. The third kappa shape index (κ3) is 3.33. The van der Waals surface area contributed by atoms with Gasteiger partial charge in [0.1, 0.15) is 0 Å². The molecule has 110 valence electrons. The monoisotopic (exact) mass is 264 g/mol. The van der Waals surface area contributed by atoms with E-state index < -0.39 is 0 Å². The summed E-state index contributed by atoms with van der Waals surface area (Å²) in [4.78, 5) is 2.89. The van der Waals surface area contributed by atoms with E-state index in [0.29, 0.717) is 0 Å². The number of fused-ring (bicyclic) bond motifs is 2. The third-order valence-corrected chi connectivity index (χ3v) is 5.84. The molecule has 1 N–H and O–H groups in total. The number of nitrogens with one attached hydrogen (secondary N) is 1. The fraction of sp³-hybridized carbons (Fsp3) is 1.00. The van der Waals surface area contributed by atoms with Crippen LogP contribution in [0.1, 0.15) is 71.1 Å². The molecule has 2 heterocycles. The fourth-order valence-corrected chi connectivity index (χ4v) is 4.79. The van der Waals surface area contributed by atoms with Crippen molar-refractivity contribution in [2.45, 2.75) is 89.3 Å². The second-order valence-electron chi connectivity index (χ2n) is 7.18. The van der Waals surface area contributed by atoms with E-state index in [1.54, 1.807) is 0 Å². The lowest BCUT2D eigenvalue weighted by Crippen LogP contribution is -2.49. The van der Waals surface area contributed by atoms with Crippen LogP contribution in [-0.4, -0.2) is 36.1 Å². The first-order valence-electron chi connectivity index (χ1n) is 8.86. The van der Waals surface area contributed by atoms with Crippen LogP contribution in [0.2, 0.25) is 0 Å². The highest BCUT2D eigenvalue weighted by molar-refractivity contribution is 4.97. The molecule has 0 radical (unpaired) electrons. The van der Waals surface area contributed by atoms with Crippen molar-refractivity contribution in [3.8, 4) is 0 Å². The molecule has 0 spiro atoms. The molecule has 0 amide bonds. The predicted molar refractivity (Wildman–Crippen MR) is 81.4 cm³/mol. The minimum absolute atomic E-state index is 0.820. The van der Waals surface area contributed by atoms with Gasteiger partial charge in [-0.2, -0.15) is 0 Å². The Kier molecular flexibility index (Phi) is 4.81. The van der Waals surface area contributed by atoms with Gasteiger partial charge in [-0.3, -0.25) is 4.90 Å². The van der Waals surface area contributed by atoms with Gasteiger partial charge in [-0.05, 0) is 57.5 Å². The smallest absolute Gasteiger partial charge is 0.0114 e. The molecule has 0 aromatic heterocycles. The average molecular weight is 264 g/mol. The SMILES string of the molecule is CCCNC1CC2CCC(C1)N2CCC1CCCC1. The summed E-state index contributed by atoms with van der Waals surface area (Å²) in [6.07, 6.45) is 14.6. The van der Waals surface area contributed by atoms with Crippen LogP contribution in [-0.2, 0) is 0 Å². The first-order chi connectivity index (χ1) is 9.36. The molecular formula is C17H32N2. The molecule has 2 unspecified atom stereocenters. The molecule has 19 heavy (non-hydrogen) atoms. The zero-order valence-electron chi connectivity index (χ0n) is 12.7. The zero-order chi connectivity index (χ0) is 13.1. The standard InChI is InChI=1S/C17H32N2/c1-2-10-18-15-12-16-7-8-17(13-15)19(16)11-9-14-5-3-4-6-14/h14-18H,2-13H2,1H3. The Bertz CT molecular complexity index is 258. The summed E-state index contributed by atoms with van der Waals surface area (Å²) in [6.45, 7) is 4.89. The lowest BCUT2D eigenvalue weighted by atomic mass is 9.95. The van der Waals surface area contributed by atoms with E-state index in [0.717, 1.165) is 24.0 Å². The van der Waals surface area contributed by atoms with E-state index in [1.807, 2.05) is 0 Å². The first kappa shape index (κ1) is 13.9. The van der Waals surface area contributed by atoms with E-state index in [9.17, 15) is 0 Å². The molecule has 1 aliphatic carbocycles. The van der Waals surface area contributed by atoms with Crippen LogP contribution >= 0.6 is 0 Å². The van der Waals surface area contributed by atoms with Crippen LogP contribution in [0.3, 0.4) is 0 Å². The molecule has 3 rings (SSSR count). The van der Waals surface area contributed by atoms with Gasteiger partial charge in [0.15, 0.2) is 0 Å². The molecule has 2 saturated heterocycles. The minimum atomic E-state index is 0.820. The Morgan fingerprint density at radius 3 is 2.32 bits per heavy atom. The molecule has 0 aromatic carbocycles. The second-order valence-corrected chi connectivity index (χ2v) is 7.18. The van der Waals surface area contributed by atoms with Crippen molar-refractivity contribution < 1.29 is 0 Å². The Morgan fingerprint density at radius 1 is 1.00 bits per heavy atom. The van der Waals surface area contributed by atoms with Crippen LogP contribution in [0, 0.1) is 5.92 Å².